The van der Waals surface area contributed by atoms with Crippen LogP contribution < -0.4 is 10.1 Å². The van der Waals surface area contributed by atoms with Crippen LogP contribution in [0.1, 0.15) is 60.0 Å². The van der Waals surface area contributed by atoms with Crippen LogP contribution in [0.25, 0.3) is 11.0 Å². The number of pyridine rings is 1. The maximum absolute atomic E-state index is 12.5. The second-order valence-electron chi connectivity index (χ2n) is 8.82. The number of nitrogens with one attached hydrogen (secondary N) is 1. The molecule has 6 nitrogen and oxygen atoms in total. The molecule has 0 saturated heterocycles. The smallest absolute Gasteiger partial charge is 0.270 e. The van der Waals surface area contributed by atoms with Crippen LogP contribution in [0.3, 0.4) is 0 Å². The molecule has 0 spiro atoms. The zero-order valence-electron chi connectivity index (χ0n) is 20.1. The SMILES string of the molecule is Cc1ccc(C(C)C)c(OCCCCn2c(CNC(=O)c3ccccn3)nc3ccccc32)c1. The third kappa shape index (κ3) is 5.63. The number of para-hydroxylation sites is 2. The number of hydrogen-bond acceptors (Lipinski definition) is 4. The minimum absolute atomic E-state index is 0.202. The number of benzene rings is 2. The van der Waals surface area contributed by atoms with Gasteiger partial charge in [0, 0.05) is 12.7 Å². The topological polar surface area (TPSA) is 69.0 Å². The maximum Gasteiger partial charge on any atom is 0.270 e. The summed E-state index contributed by atoms with van der Waals surface area (Å²) in [5.41, 5.74) is 4.87. The first kappa shape index (κ1) is 23.5. The van der Waals surface area contributed by atoms with E-state index in [4.69, 9.17) is 9.72 Å². The van der Waals surface area contributed by atoms with Crippen molar-refractivity contribution in [3.05, 3.63) is 89.5 Å². The van der Waals surface area contributed by atoms with E-state index in [2.05, 4.69) is 59.9 Å². The second-order valence-corrected chi connectivity index (χ2v) is 8.82. The predicted molar refractivity (Wildman–Crippen MR) is 135 cm³/mol. The standard InChI is InChI=1S/C28H32N4O2/c1-20(2)22-14-13-21(3)18-26(22)34-17-9-8-16-32-25-12-5-4-10-23(25)31-27(32)19-30-28(33)24-11-6-7-15-29-24/h4-7,10-15,18,20H,8-9,16-17,19H2,1-3H3,(H,30,33). The Morgan fingerprint density at radius 2 is 1.88 bits per heavy atom. The van der Waals surface area contributed by atoms with E-state index in [0.717, 1.165) is 42.0 Å². The summed E-state index contributed by atoms with van der Waals surface area (Å²) >= 11 is 0. The van der Waals surface area contributed by atoms with Gasteiger partial charge in [-0.2, -0.15) is 0 Å². The molecule has 176 valence electrons. The van der Waals surface area contributed by atoms with Crippen LogP contribution >= 0.6 is 0 Å². The van der Waals surface area contributed by atoms with E-state index in [-0.39, 0.29) is 5.91 Å². The molecule has 4 aromatic rings. The quantitative estimate of drug-likeness (QED) is 0.313. The Bertz CT molecular complexity index is 1250. The molecule has 1 amide bonds. The van der Waals surface area contributed by atoms with Gasteiger partial charge in [0.1, 0.15) is 17.3 Å². The van der Waals surface area contributed by atoms with Crippen LogP contribution in [0.15, 0.2) is 66.9 Å². The molecule has 34 heavy (non-hydrogen) atoms. The van der Waals surface area contributed by atoms with Crippen LogP contribution in [0, 0.1) is 6.92 Å². The van der Waals surface area contributed by atoms with Crippen molar-refractivity contribution in [1.29, 1.82) is 0 Å². The highest BCUT2D eigenvalue weighted by atomic mass is 16.5. The highest BCUT2D eigenvalue weighted by molar-refractivity contribution is 5.92. The molecule has 0 atom stereocenters. The van der Waals surface area contributed by atoms with Crippen molar-refractivity contribution in [2.24, 2.45) is 0 Å². The van der Waals surface area contributed by atoms with Crippen molar-refractivity contribution in [2.45, 2.75) is 52.6 Å². The van der Waals surface area contributed by atoms with Gasteiger partial charge in [0.2, 0.25) is 0 Å². The lowest BCUT2D eigenvalue weighted by atomic mass is 10.0. The fraction of sp³-hybridized carbons (Fsp3) is 0.321. The van der Waals surface area contributed by atoms with Crippen molar-refractivity contribution in [3.8, 4) is 5.75 Å². The number of unbranched alkanes of at least 4 members (excludes halogenated alkanes) is 1. The number of rotatable bonds is 10. The molecule has 2 aromatic heterocycles. The Labute approximate surface area is 201 Å². The van der Waals surface area contributed by atoms with Gasteiger partial charge in [-0.3, -0.25) is 9.78 Å². The van der Waals surface area contributed by atoms with Crippen molar-refractivity contribution in [1.82, 2.24) is 19.9 Å². The van der Waals surface area contributed by atoms with E-state index in [1.807, 2.05) is 18.2 Å². The Kier molecular flexibility index (Phi) is 7.58. The van der Waals surface area contributed by atoms with Crippen LogP contribution in [-0.4, -0.2) is 27.0 Å². The number of hydrogen-bond donors (Lipinski definition) is 1. The Balaban J connectivity index is 1.38. The van der Waals surface area contributed by atoms with Crippen LogP contribution in [-0.2, 0) is 13.1 Å². The van der Waals surface area contributed by atoms with E-state index in [1.165, 1.54) is 11.1 Å². The molecule has 1 N–H and O–H groups in total. The van der Waals surface area contributed by atoms with E-state index in [9.17, 15) is 4.79 Å². The monoisotopic (exact) mass is 456 g/mol. The lowest BCUT2D eigenvalue weighted by Gasteiger charge is -2.15. The van der Waals surface area contributed by atoms with E-state index in [1.54, 1.807) is 24.4 Å². The third-order valence-electron chi connectivity index (χ3n) is 5.86. The van der Waals surface area contributed by atoms with Gasteiger partial charge >= 0.3 is 0 Å². The van der Waals surface area contributed by atoms with Crippen LogP contribution in [0.4, 0.5) is 0 Å². The van der Waals surface area contributed by atoms with Crippen molar-refractivity contribution in [2.75, 3.05) is 6.61 Å². The summed E-state index contributed by atoms with van der Waals surface area (Å²) in [7, 11) is 0. The molecule has 0 saturated carbocycles. The Morgan fingerprint density at radius 3 is 2.68 bits per heavy atom. The minimum atomic E-state index is -0.202. The summed E-state index contributed by atoms with van der Waals surface area (Å²) in [6, 6.07) is 19.8. The number of aromatic nitrogens is 3. The number of nitrogens with zero attached hydrogens (tertiary/aromatic N) is 3. The summed E-state index contributed by atoms with van der Waals surface area (Å²) in [6.07, 6.45) is 3.50. The molecule has 0 aliphatic carbocycles. The molecule has 0 bridgehead atoms. The van der Waals surface area contributed by atoms with Crippen molar-refractivity contribution < 1.29 is 9.53 Å². The molecule has 2 heterocycles. The number of aryl methyl sites for hydroxylation is 2. The van der Waals surface area contributed by atoms with E-state index in [0.29, 0.717) is 24.8 Å². The number of carbonyl (C=O) groups is 1. The summed E-state index contributed by atoms with van der Waals surface area (Å²) in [6.45, 7) is 8.30. The first-order valence-electron chi connectivity index (χ1n) is 11.9. The fourth-order valence-corrected chi connectivity index (χ4v) is 4.05. The number of ether oxygens (including phenoxy) is 1. The molecular weight excluding hydrogens is 424 g/mol. The maximum atomic E-state index is 12.5. The van der Waals surface area contributed by atoms with Gasteiger partial charge in [0.05, 0.1) is 24.2 Å². The van der Waals surface area contributed by atoms with Gasteiger partial charge < -0.3 is 14.6 Å². The fourth-order valence-electron chi connectivity index (χ4n) is 4.05. The highest BCUT2D eigenvalue weighted by Crippen LogP contribution is 2.27. The third-order valence-corrected chi connectivity index (χ3v) is 5.86. The first-order valence-corrected chi connectivity index (χ1v) is 11.9. The van der Waals surface area contributed by atoms with E-state index < -0.39 is 0 Å². The minimum Gasteiger partial charge on any atom is -0.493 e. The first-order chi connectivity index (χ1) is 16.5. The largest absolute Gasteiger partial charge is 0.493 e. The van der Waals surface area contributed by atoms with Crippen molar-refractivity contribution >= 4 is 16.9 Å². The summed E-state index contributed by atoms with van der Waals surface area (Å²) in [4.78, 5) is 21.3. The van der Waals surface area contributed by atoms with Gasteiger partial charge in [-0.05, 0) is 67.1 Å². The molecule has 0 radical (unpaired) electrons. The van der Waals surface area contributed by atoms with Gasteiger partial charge in [0.15, 0.2) is 0 Å². The van der Waals surface area contributed by atoms with Crippen LogP contribution in [0.2, 0.25) is 0 Å². The van der Waals surface area contributed by atoms with Gasteiger partial charge in [-0.25, -0.2) is 4.98 Å². The Morgan fingerprint density at radius 1 is 1.06 bits per heavy atom. The number of imidazole rings is 1. The van der Waals surface area contributed by atoms with Gasteiger partial charge in [0.25, 0.3) is 5.91 Å². The van der Waals surface area contributed by atoms with Gasteiger partial charge in [-0.15, -0.1) is 0 Å². The molecule has 6 heteroatoms. The molecular formula is C28H32N4O2. The number of fused-ring (bicyclic) bond motifs is 1. The zero-order valence-corrected chi connectivity index (χ0v) is 20.1. The molecule has 0 aliphatic rings. The zero-order chi connectivity index (χ0) is 23.9. The Hall–Kier alpha value is -3.67. The summed E-state index contributed by atoms with van der Waals surface area (Å²) in [5.74, 6) is 2.05. The second kappa shape index (κ2) is 11.0. The lowest BCUT2D eigenvalue weighted by molar-refractivity contribution is 0.0944. The molecule has 0 fully saturated rings. The average Bonchev–Trinajstić information content (AvgIpc) is 3.20. The van der Waals surface area contributed by atoms with Crippen molar-refractivity contribution in [3.63, 3.8) is 0 Å². The summed E-state index contributed by atoms with van der Waals surface area (Å²) in [5, 5.41) is 2.95. The van der Waals surface area contributed by atoms with E-state index >= 15 is 0 Å². The highest BCUT2D eigenvalue weighted by Gasteiger charge is 2.13. The molecule has 2 aromatic carbocycles. The lowest BCUT2D eigenvalue weighted by Crippen LogP contribution is -2.25. The number of carbonyl (C=O) groups excluding carboxylic acids is 1. The number of amides is 1. The normalized spacial score (nSPS) is 11.2. The molecule has 0 aliphatic heterocycles. The summed E-state index contributed by atoms with van der Waals surface area (Å²) < 4.78 is 8.35. The molecule has 4 rings (SSSR count). The van der Waals surface area contributed by atoms with Gasteiger partial charge in [-0.1, -0.05) is 44.2 Å². The molecule has 0 unspecified atom stereocenters. The average molecular weight is 457 g/mol. The predicted octanol–water partition coefficient (Wildman–Crippen LogP) is 5.65. The van der Waals surface area contributed by atoms with Crippen LogP contribution in [0.5, 0.6) is 5.75 Å².